The predicted octanol–water partition coefficient (Wildman–Crippen LogP) is 4.18. The SMILES string of the molecule is CCc1nn(-c2cc(F)c(C(N)=O)c(NC3CCCC3)c2)c2c1C(=O)CC(C)(C)C2. The number of hydrogen-bond donors (Lipinski definition) is 2. The Morgan fingerprint density at radius 1 is 1.30 bits per heavy atom. The fourth-order valence-corrected chi connectivity index (χ4v) is 4.86. The molecule has 30 heavy (non-hydrogen) atoms. The first-order valence-electron chi connectivity index (χ1n) is 10.7. The summed E-state index contributed by atoms with van der Waals surface area (Å²) >= 11 is 0. The Balaban J connectivity index is 1.86. The van der Waals surface area contributed by atoms with Crippen LogP contribution in [0, 0.1) is 11.2 Å². The van der Waals surface area contributed by atoms with E-state index in [0.717, 1.165) is 37.1 Å². The molecule has 160 valence electrons. The van der Waals surface area contributed by atoms with E-state index in [1.54, 1.807) is 10.7 Å². The highest BCUT2D eigenvalue weighted by atomic mass is 19.1. The number of carbonyl (C=O) groups is 2. The second kappa shape index (κ2) is 7.52. The number of ketones is 1. The lowest BCUT2D eigenvalue weighted by Gasteiger charge is -2.29. The van der Waals surface area contributed by atoms with E-state index < -0.39 is 11.7 Å². The van der Waals surface area contributed by atoms with Crippen molar-refractivity contribution in [2.75, 3.05) is 5.32 Å². The fourth-order valence-electron chi connectivity index (χ4n) is 4.86. The van der Waals surface area contributed by atoms with Crippen LogP contribution in [0.2, 0.25) is 0 Å². The van der Waals surface area contributed by atoms with Gasteiger partial charge in [0.15, 0.2) is 5.78 Å². The zero-order valence-electron chi connectivity index (χ0n) is 17.8. The molecule has 0 unspecified atom stereocenters. The second-order valence-electron chi connectivity index (χ2n) is 9.31. The Kier molecular flexibility index (Phi) is 5.16. The number of aryl methyl sites for hydroxylation is 1. The average molecular weight is 413 g/mol. The zero-order valence-corrected chi connectivity index (χ0v) is 17.8. The molecule has 1 amide bonds. The van der Waals surface area contributed by atoms with Gasteiger partial charge in [0.25, 0.3) is 5.91 Å². The van der Waals surface area contributed by atoms with Gasteiger partial charge in [-0.2, -0.15) is 5.10 Å². The third kappa shape index (κ3) is 3.61. The molecule has 1 heterocycles. The molecule has 6 nitrogen and oxygen atoms in total. The molecule has 1 aromatic heterocycles. The Morgan fingerprint density at radius 2 is 2.00 bits per heavy atom. The summed E-state index contributed by atoms with van der Waals surface area (Å²) < 4.78 is 16.7. The summed E-state index contributed by atoms with van der Waals surface area (Å²) in [7, 11) is 0. The van der Waals surface area contributed by atoms with Crippen molar-refractivity contribution in [3.05, 3.63) is 40.5 Å². The van der Waals surface area contributed by atoms with Crippen LogP contribution < -0.4 is 11.1 Å². The number of primary amides is 1. The van der Waals surface area contributed by atoms with Gasteiger partial charge in [0.05, 0.1) is 33.9 Å². The molecule has 0 aliphatic heterocycles. The molecule has 2 aliphatic carbocycles. The molecule has 2 aromatic rings. The number of anilines is 1. The molecular formula is C23H29FN4O2. The summed E-state index contributed by atoms with van der Waals surface area (Å²) in [5, 5.41) is 7.99. The van der Waals surface area contributed by atoms with Gasteiger partial charge in [-0.1, -0.05) is 33.6 Å². The lowest BCUT2D eigenvalue weighted by molar-refractivity contribution is 0.0909. The maximum atomic E-state index is 15.0. The van der Waals surface area contributed by atoms with Gasteiger partial charge in [-0.25, -0.2) is 9.07 Å². The number of fused-ring (bicyclic) bond motifs is 1. The van der Waals surface area contributed by atoms with Gasteiger partial charge < -0.3 is 11.1 Å². The Morgan fingerprint density at radius 3 is 2.63 bits per heavy atom. The highest BCUT2D eigenvalue weighted by molar-refractivity contribution is 6.00. The lowest BCUT2D eigenvalue weighted by atomic mass is 9.75. The van der Waals surface area contributed by atoms with Crippen molar-refractivity contribution in [2.45, 2.75) is 71.8 Å². The number of amides is 1. The minimum absolute atomic E-state index is 0.0860. The molecule has 7 heteroatoms. The molecule has 0 spiro atoms. The van der Waals surface area contributed by atoms with Crippen molar-refractivity contribution in [2.24, 2.45) is 11.1 Å². The van der Waals surface area contributed by atoms with Crippen LogP contribution >= 0.6 is 0 Å². The second-order valence-corrected chi connectivity index (χ2v) is 9.31. The van der Waals surface area contributed by atoms with E-state index in [1.807, 2.05) is 6.92 Å². The first-order valence-corrected chi connectivity index (χ1v) is 10.7. The largest absolute Gasteiger partial charge is 0.382 e. The van der Waals surface area contributed by atoms with Crippen molar-refractivity contribution in [3.8, 4) is 5.69 Å². The van der Waals surface area contributed by atoms with Crippen LogP contribution in [-0.2, 0) is 12.8 Å². The van der Waals surface area contributed by atoms with Gasteiger partial charge >= 0.3 is 0 Å². The molecule has 1 saturated carbocycles. The zero-order chi connectivity index (χ0) is 21.6. The van der Waals surface area contributed by atoms with Gasteiger partial charge in [0, 0.05) is 18.5 Å². The van der Waals surface area contributed by atoms with Crippen molar-refractivity contribution in [1.82, 2.24) is 9.78 Å². The Bertz CT molecular complexity index is 1020. The van der Waals surface area contributed by atoms with Crippen LogP contribution in [0.1, 0.15) is 85.0 Å². The number of nitrogens with one attached hydrogen (secondary N) is 1. The van der Waals surface area contributed by atoms with Crippen molar-refractivity contribution in [1.29, 1.82) is 0 Å². The number of benzene rings is 1. The Hall–Kier alpha value is -2.70. The van der Waals surface area contributed by atoms with E-state index in [1.165, 1.54) is 6.07 Å². The standard InChI is InChI=1S/C23H29FN4O2/c1-4-16-21-18(11-23(2,3)12-19(21)29)28(27-16)14-9-15(24)20(22(25)30)17(10-14)26-13-7-5-6-8-13/h9-10,13,26H,4-8,11-12H2,1-3H3,(H2,25,30). The molecule has 0 atom stereocenters. The summed E-state index contributed by atoms with van der Waals surface area (Å²) in [6, 6.07) is 3.22. The average Bonchev–Trinajstić information content (AvgIpc) is 3.27. The summed E-state index contributed by atoms with van der Waals surface area (Å²) in [5.74, 6) is -1.39. The highest BCUT2D eigenvalue weighted by Crippen LogP contribution is 2.38. The van der Waals surface area contributed by atoms with Gasteiger partial charge in [-0.3, -0.25) is 9.59 Å². The van der Waals surface area contributed by atoms with Crippen molar-refractivity contribution in [3.63, 3.8) is 0 Å². The van der Waals surface area contributed by atoms with E-state index in [-0.39, 0.29) is 22.8 Å². The number of nitrogens with two attached hydrogens (primary N) is 1. The fraction of sp³-hybridized carbons (Fsp3) is 0.522. The number of rotatable bonds is 5. The third-order valence-electron chi connectivity index (χ3n) is 6.23. The molecule has 2 aliphatic rings. The van der Waals surface area contributed by atoms with E-state index >= 15 is 4.39 Å². The first kappa shape index (κ1) is 20.6. The number of halogens is 1. The molecule has 4 rings (SSSR count). The van der Waals surface area contributed by atoms with Gasteiger partial charge in [-0.05, 0) is 37.2 Å². The van der Waals surface area contributed by atoms with Crippen LogP contribution in [0.3, 0.4) is 0 Å². The van der Waals surface area contributed by atoms with Crippen LogP contribution in [0.5, 0.6) is 0 Å². The molecular weight excluding hydrogens is 383 g/mol. The summed E-state index contributed by atoms with van der Waals surface area (Å²) in [6.45, 7) is 6.07. The van der Waals surface area contributed by atoms with Crippen LogP contribution in [0.4, 0.5) is 10.1 Å². The summed E-state index contributed by atoms with van der Waals surface area (Å²) in [4.78, 5) is 24.8. The molecule has 0 bridgehead atoms. The number of nitrogens with zero attached hydrogens (tertiary/aromatic N) is 2. The first-order chi connectivity index (χ1) is 14.2. The summed E-state index contributed by atoms with van der Waals surface area (Å²) in [6.07, 6.45) is 5.93. The van der Waals surface area contributed by atoms with Crippen LogP contribution in [0.25, 0.3) is 5.69 Å². The minimum atomic E-state index is -0.799. The van der Waals surface area contributed by atoms with Crippen LogP contribution in [0.15, 0.2) is 12.1 Å². The molecule has 0 radical (unpaired) electrons. The topological polar surface area (TPSA) is 90.0 Å². The molecule has 0 saturated heterocycles. The molecule has 3 N–H and O–H groups in total. The lowest BCUT2D eigenvalue weighted by Crippen LogP contribution is -2.28. The molecule has 1 aromatic carbocycles. The third-order valence-corrected chi connectivity index (χ3v) is 6.23. The Labute approximate surface area is 176 Å². The number of hydrogen-bond acceptors (Lipinski definition) is 4. The van der Waals surface area contributed by atoms with E-state index in [4.69, 9.17) is 5.73 Å². The number of Topliss-reactive ketones (excluding diaryl/α,β-unsaturated/α-hetero) is 1. The number of aromatic nitrogens is 2. The van der Waals surface area contributed by atoms with E-state index in [2.05, 4.69) is 24.3 Å². The van der Waals surface area contributed by atoms with Crippen molar-refractivity contribution < 1.29 is 14.0 Å². The smallest absolute Gasteiger partial charge is 0.253 e. The van der Waals surface area contributed by atoms with E-state index in [0.29, 0.717) is 36.2 Å². The van der Waals surface area contributed by atoms with Crippen molar-refractivity contribution >= 4 is 17.4 Å². The van der Waals surface area contributed by atoms with E-state index in [9.17, 15) is 9.59 Å². The number of carbonyl (C=O) groups excluding carboxylic acids is 2. The highest BCUT2D eigenvalue weighted by Gasteiger charge is 2.36. The quantitative estimate of drug-likeness (QED) is 0.771. The van der Waals surface area contributed by atoms with Gasteiger partial charge in [0.1, 0.15) is 5.82 Å². The monoisotopic (exact) mass is 412 g/mol. The maximum absolute atomic E-state index is 15.0. The van der Waals surface area contributed by atoms with Gasteiger partial charge in [-0.15, -0.1) is 0 Å². The predicted molar refractivity (Wildman–Crippen MR) is 114 cm³/mol. The molecule has 1 fully saturated rings. The van der Waals surface area contributed by atoms with Gasteiger partial charge in [0.2, 0.25) is 0 Å². The van der Waals surface area contributed by atoms with Crippen LogP contribution in [-0.4, -0.2) is 27.5 Å². The summed E-state index contributed by atoms with van der Waals surface area (Å²) in [5.41, 5.74) is 8.27. The maximum Gasteiger partial charge on any atom is 0.253 e. The normalized spacial score (nSPS) is 18.5. The minimum Gasteiger partial charge on any atom is -0.382 e.